The number of amides is 1. The molecular weight excluding hydrogens is 474 g/mol. The van der Waals surface area contributed by atoms with Crippen LogP contribution in [-0.4, -0.2) is 56.2 Å². The minimum absolute atomic E-state index is 0.229. The van der Waals surface area contributed by atoms with Crippen molar-refractivity contribution in [2.24, 2.45) is 11.8 Å². The molecule has 2 aliphatic rings. The molecular formula is C32H43N3O3. The number of carbonyl (C=O) groups excluding carboxylic acids is 1. The van der Waals surface area contributed by atoms with Crippen LogP contribution < -0.4 is 14.4 Å². The number of methoxy groups -OCH3 is 2. The van der Waals surface area contributed by atoms with Crippen LogP contribution in [0.4, 0.5) is 5.69 Å². The molecule has 2 aromatic carbocycles. The highest BCUT2D eigenvalue weighted by Gasteiger charge is 2.27. The molecule has 0 spiro atoms. The molecule has 6 heteroatoms. The molecule has 0 saturated carbocycles. The van der Waals surface area contributed by atoms with E-state index in [-0.39, 0.29) is 5.91 Å². The van der Waals surface area contributed by atoms with E-state index in [9.17, 15) is 4.79 Å². The zero-order chi connectivity index (χ0) is 26.8. The molecule has 2 saturated heterocycles. The lowest BCUT2D eigenvalue weighted by Crippen LogP contribution is -2.38. The average Bonchev–Trinajstić information content (AvgIpc) is 3.32. The Morgan fingerprint density at radius 2 is 1.58 bits per heavy atom. The van der Waals surface area contributed by atoms with Gasteiger partial charge in [0.15, 0.2) is 11.5 Å². The van der Waals surface area contributed by atoms with Gasteiger partial charge in [-0.05, 0) is 91.8 Å². The summed E-state index contributed by atoms with van der Waals surface area (Å²) in [5.41, 5.74) is 6.11. The van der Waals surface area contributed by atoms with Gasteiger partial charge in [0.25, 0.3) is 0 Å². The summed E-state index contributed by atoms with van der Waals surface area (Å²) in [5.74, 6) is 3.67. The van der Waals surface area contributed by atoms with Gasteiger partial charge in [0.1, 0.15) is 0 Å². The molecule has 1 amide bonds. The van der Waals surface area contributed by atoms with Crippen molar-refractivity contribution in [1.82, 2.24) is 9.88 Å². The number of likely N-dealkylation sites (tertiary alicyclic amines) is 1. The number of nitrogens with one attached hydrogen (secondary N) is 1. The maximum absolute atomic E-state index is 11.6. The number of fused-ring (bicyclic) bond motifs is 1. The highest BCUT2D eigenvalue weighted by atomic mass is 16.5. The molecule has 1 N–H and O–H groups in total. The number of piperidine rings is 2. The van der Waals surface area contributed by atoms with E-state index >= 15 is 0 Å². The smallest absolute Gasteiger partial charge is 0.219 e. The zero-order valence-electron chi connectivity index (χ0n) is 23.7. The topological polar surface area (TPSA) is 57.8 Å². The third kappa shape index (κ3) is 5.36. The van der Waals surface area contributed by atoms with Crippen molar-refractivity contribution in [3.63, 3.8) is 0 Å². The monoisotopic (exact) mass is 517 g/mol. The van der Waals surface area contributed by atoms with Crippen LogP contribution >= 0.6 is 0 Å². The fraction of sp³-hybridized carbons (Fsp3) is 0.531. The first-order valence-electron chi connectivity index (χ1n) is 14.3. The van der Waals surface area contributed by atoms with Crippen LogP contribution in [-0.2, 0) is 4.79 Å². The number of rotatable bonds is 7. The number of aromatic amines is 1. The fourth-order valence-electron chi connectivity index (χ4n) is 6.60. The minimum atomic E-state index is 0.229. The lowest BCUT2D eigenvalue weighted by atomic mass is 9.82. The van der Waals surface area contributed by atoms with E-state index in [4.69, 9.17) is 9.47 Å². The van der Waals surface area contributed by atoms with Crippen molar-refractivity contribution < 1.29 is 14.3 Å². The number of hydrogen-bond acceptors (Lipinski definition) is 4. The molecule has 0 aliphatic carbocycles. The highest BCUT2D eigenvalue weighted by molar-refractivity contribution is 5.94. The Bertz CT molecular complexity index is 1260. The van der Waals surface area contributed by atoms with E-state index in [0.29, 0.717) is 5.92 Å². The molecule has 2 aliphatic heterocycles. The van der Waals surface area contributed by atoms with Gasteiger partial charge in [-0.2, -0.15) is 0 Å². The van der Waals surface area contributed by atoms with Gasteiger partial charge in [0.05, 0.1) is 19.9 Å². The number of aromatic nitrogens is 1. The van der Waals surface area contributed by atoms with Crippen LogP contribution in [0.2, 0.25) is 0 Å². The van der Waals surface area contributed by atoms with E-state index in [1.54, 1.807) is 21.1 Å². The third-order valence-corrected chi connectivity index (χ3v) is 8.78. The van der Waals surface area contributed by atoms with Crippen LogP contribution in [0.15, 0.2) is 36.4 Å². The number of benzene rings is 2. The number of carbonyl (C=O) groups is 1. The van der Waals surface area contributed by atoms with E-state index < -0.39 is 0 Å². The molecule has 0 unspecified atom stereocenters. The van der Waals surface area contributed by atoms with Gasteiger partial charge in [-0.15, -0.1) is 0 Å². The number of nitrogens with zero attached hydrogens (tertiary/aromatic N) is 2. The van der Waals surface area contributed by atoms with Crippen molar-refractivity contribution >= 4 is 22.5 Å². The number of hydrogen-bond donors (Lipinski definition) is 1. The Labute approximate surface area is 227 Å². The van der Waals surface area contributed by atoms with Gasteiger partial charge in [-0.25, -0.2) is 0 Å². The van der Waals surface area contributed by atoms with E-state index in [1.807, 2.05) is 11.0 Å². The van der Waals surface area contributed by atoms with Gasteiger partial charge in [0.2, 0.25) is 5.91 Å². The first-order valence-corrected chi connectivity index (χ1v) is 14.3. The molecule has 0 radical (unpaired) electrons. The number of H-pyrrole nitrogens is 1. The van der Waals surface area contributed by atoms with Crippen molar-refractivity contribution in [2.45, 2.75) is 58.8 Å². The zero-order valence-corrected chi connectivity index (χ0v) is 23.7. The molecule has 0 atom stereocenters. The molecule has 3 aromatic rings. The quantitative estimate of drug-likeness (QED) is 0.373. The van der Waals surface area contributed by atoms with E-state index in [2.05, 4.69) is 54.1 Å². The Balaban J connectivity index is 1.30. The maximum atomic E-state index is 11.6. The molecule has 2 fully saturated rings. The maximum Gasteiger partial charge on any atom is 0.219 e. The predicted octanol–water partition coefficient (Wildman–Crippen LogP) is 6.84. The standard InChI is InChI=1S/C32H43N3O3/c1-21(2)31-27-20-26(7-8-28(27)33-32(31)25-6-9-29(37-4)30(19-25)38-5)35-16-12-24(13-17-35)18-23-10-14-34(15-11-23)22(3)36/h6-9,19-21,23-24,33H,10-18H2,1-5H3. The fourth-order valence-corrected chi connectivity index (χ4v) is 6.60. The predicted molar refractivity (Wildman–Crippen MR) is 155 cm³/mol. The summed E-state index contributed by atoms with van der Waals surface area (Å²) >= 11 is 0. The van der Waals surface area contributed by atoms with Crippen molar-refractivity contribution in [2.75, 3.05) is 45.3 Å². The van der Waals surface area contributed by atoms with Gasteiger partial charge < -0.3 is 24.3 Å². The lowest BCUT2D eigenvalue weighted by molar-refractivity contribution is -0.130. The molecule has 38 heavy (non-hydrogen) atoms. The summed E-state index contributed by atoms with van der Waals surface area (Å²) in [6.45, 7) is 10.4. The molecule has 0 bridgehead atoms. The second-order valence-corrected chi connectivity index (χ2v) is 11.5. The number of anilines is 1. The van der Waals surface area contributed by atoms with Crippen LogP contribution in [0.3, 0.4) is 0 Å². The largest absolute Gasteiger partial charge is 0.493 e. The Morgan fingerprint density at radius 1 is 0.921 bits per heavy atom. The van der Waals surface area contributed by atoms with Gasteiger partial charge in [-0.3, -0.25) is 4.79 Å². The first kappa shape index (κ1) is 26.5. The minimum Gasteiger partial charge on any atom is -0.493 e. The van der Waals surface area contributed by atoms with Crippen LogP contribution in [0.25, 0.3) is 22.2 Å². The summed E-state index contributed by atoms with van der Waals surface area (Å²) < 4.78 is 11.0. The third-order valence-electron chi connectivity index (χ3n) is 8.78. The van der Waals surface area contributed by atoms with E-state index in [0.717, 1.165) is 60.8 Å². The molecule has 6 nitrogen and oxygen atoms in total. The Hall–Kier alpha value is -3.15. The SMILES string of the molecule is COc1ccc(-c2[nH]c3ccc(N4CCC(CC5CCN(C(C)=O)CC5)CC4)cc3c2C(C)C)cc1OC. The molecule has 204 valence electrons. The Morgan fingerprint density at radius 3 is 2.18 bits per heavy atom. The average molecular weight is 518 g/mol. The normalized spacial score (nSPS) is 17.4. The van der Waals surface area contributed by atoms with Crippen molar-refractivity contribution in [3.8, 4) is 22.8 Å². The molecule has 1 aromatic heterocycles. The summed E-state index contributed by atoms with van der Waals surface area (Å²) in [5, 5.41) is 1.31. The van der Waals surface area contributed by atoms with Gasteiger partial charge in [-0.1, -0.05) is 13.8 Å². The second-order valence-electron chi connectivity index (χ2n) is 11.5. The highest BCUT2D eigenvalue weighted by Crippen LogP contribution is 2.40. The second kappa shape index (κ2) is 11.3. The van der Waals surface area contributed by atoms with E-state index in [1.165, 1.54) is 54.3 Å². The first-order chi connectivity index (χ1) is 18.4. The summed E-state index contributed by atoms with van der Waals surface area (Å²) in [6.07, 6.45) is 6.18. The van der Waals surface area contributed by atoms with Crippen molar-refractivity contribution in [1.29, 1.82) is 0 Å². The summed E-state index contributed by atoms with van der Waals surface area (Å²) in [4.78, 5) is 19.9. The van der Waals surface area contributed by atoms with Gasteiger partial charge in [0, 0.05) is 55.3 Å². The van der Waals surface area contributed by atoms with Crippen LogP contribution in [0.1, 0.15) is 64.4 Å². The summed E-state index contributed by atoms with van der Waals surface area (Å²) in [7, 11) is 3.35. The number of ether oxygens (including phenoxy) is 2. The lowest BCUT2D eigenvalue weighted by Gasteiger charge is -2.37. The van der Waals surface area contributed by atoms with Crippen LogP contribution in [0.5, 0.6) is 11.5 Å². The Kier molecular flexibility index (Phi) is 7.87. The van der Waals surface area contributed by atoms with Crippen LogP contribution in [0, 0.1) is 11.8 Å². The van der Waals surface area contributed by atoms with Crippen molar-refractivity contribution in [3.05, 3.63) is 42.0 Å². The molecule has 5 rings (SSSR count). The van der Waals surface area contributed by atoms with Gasteiger partial charge >= 0.3 is 0 Å². The molecule has 3 heterocycles. The summed E-state index contributed by atoms with van der Waals surface area (Å²) in [6, 6.07) is 13.1.